The van der Waals surface area contributed by atoms with Gasteiger partial charge in [0.15, 0.2) is 0 Å². The number of carbonyl (C=O) groups excluding carboxylic acids is 2. The number of carbonyl (C=O) groups is 2. The van der Waals surface area contributed by atoms with Crippen LogP contribution in [-0.4, -0.2) is 50.4 Å². The van der Waals surface area contributed by atoms with Crippen molar-refractivity contribution >= 4 is 39.1 Å². The van der Waals surface area contributed by atoms with Gasteiger partial charge in [0.1, 0.15) is 18.3 Å². The number of nitrogens with zero attached hydrogens (tertiary/aromatic N) is 2. The summed E-state index contributed by atoms with van der Waals surface area (Å²) in [5.74, 6) is -0.212. The molecule has 0 radical (unpaired) electrons. The highest BCUT2D eigenvalue weighted by atomic mass is 35.5. The first-order valence-electron chi connectivity index (χ1n) is 13.8. The molecule has 0 aliphatic rings. The first-order valence-corrected chi connectivity index (χ1v) is 15.6. The Morgan fingerprint density at radius 1 is 0.902 bits per heavy atom. The highest BCUT2D eigenvalue weighted by Gasteiger charge is 2.34. The molecule has 220 valence electrons. The second-order valence-electron chi connectivity index (χ2n) is 9.64. The maximum absolute atomic E-state index is 14.1. The lowest BCUT2D eigenvalue weighted by atomic mass is 10.1. The SMILES string of the molecule is CCOc1ccc(N(CC(=O)N(Cc2ccccc2)[C@H](CC)C(=O)N[C@@H](C)CC)S(=O)(=O)c2ccc(Cl)cc2)cc1. The van der Waals surface area contributed by atoms with Crippen LogP contribution in [0.5, 0.6) is 5.75 Å². The Morgan fingerprint density at radius 2 is 1.54 bits per heavy atom. The molecule has 0 saturated carbocycles. The summed E-state index contributed by atoms with van der Waals surface area (Å²) in [7, 11) is -4.19. The third-order valence-electron chi connectivity index (χ3n) is 6.70. The molecule has 3 rings (SSSR count). The molecule has 0 aliphatic heterocycles. The van der Waals surface area contributed by atoms with Crippen LogP contribution in [-0.2, 0) is 26.2 Å². The molecule has 2 amide bonds. The second-order valence-corrected chi connectivity index (χ2v) is 11.9. The summed E-state index contributed by atoms with van der Waals surface area (Å²) in [5.41, 5.74) is 1.11. The molecule has 41 heavy (non-hydrogen) atoms. The normalized spacial score (nSPS) is 12.7. The van der Waals surface area contributed by atoms with E-state index in [0.29, 0.717) is 23.8 Å². The number of nitrogens with one attached hydrogen (secondary N) is 1. The molecular weight excluding hydrogens is 562 g/mol. The van der Waals surface area contributed by atoms with Crippen molar-refractivity contribution in [3.05, 3.63) is 89.4 Å². The van der Waals surface area contributed by atoms with Crippen molar-refractivity contribution in [2.75, 3.05) is 17.5 Å². The summed E-state index contributed by atoms with van der Waals surface area (Å²) in [6, 6.07) is 20.7. The Kier molecular flexibility index (Phi) is 11.6. The van der Waals surface area contributed by atoms with E-state index in [-0.39, 0.29) is 29.1 Å². The van der Waals surface area contributed by atoms with E-state index in [0.717, 1.165) is 16.3 Å². The predicted molar refractivity (Wildman–Crippen MR) is 163 cm³/mol. The number of hydrogen-bond acceptors (Lipinski definition) is 5. The van der Waals surface area contributed by atoms with Crippen LogP contribution in [0.2, 0.25) is 5.02 Å². The summed E-state index contributed by atoms with van der Waals surface area (Å²) in [5, 5.41) is 3.36. The van der Waals surface area contributed by atoms with Crippen LogP contribution < -0.4 is 14.4 Å². The summed E-state index contributed by atoms with van der Waals surface area (Å²) in [6.45, 7) is 7.64. The van der Waals surface area contributed by atoms with Crippen molar-refractivity contribution in [1.82, 2.24) is 10.2 Å². The Hall–Kier alpha value is -3.56. The van der Waals surface area contributed by atoms with Crippen molar-refractivity contribution in [3.63, 3.8) is 0 Å². The van der Waals surface area contributed by atoms with Gasteiger partial charge < -0.3 is 15.0 Å². The van der Waals surface area contributed by atoms with Crippen LogP contribution in [0.3, 0.4) is 0 Å². The molecule has 8 nitrogen and oxygen atoms in total. The van der Waals surface area contributed by atoms with Gasteiger partial charge in [0.2, 0.25) is 11.8 Å². The smallest absolute Gasteiger partial charge is 0.264 e. The first-order chi connectivity index (χ1) is 19.6. The molecule has 0 bridgehead atoms. The van der Waals surface area contributed by atoms with Gasteiger partial charge in [-0.25, -0.2) is 8.42 Å². The van der Waals surface area contributed by atoms with Gasteiger partial charge >= 0.3 is 0 Å². The highest BCUT2D eigenvalue weighted by molar-refractivity contribution is 7.92. The van der Waals surface area contributed by atoms with E-state index in [2.05, 4.69) is 5.32 Å². The molecule has 0 heterocycles. The quantitative estimate of drug-likeness (QED) is 0.258. The Morgan fingerprint density at radius 3 is 2.10 bits per heavy atom. The Labute approximate surface area is 248 Å². The second kappa shape index (κ2) is 14.9. The largest absolute Gasteiger partial charge is 0.494 e. The number of halogens is 1. The summed E-state index contributed by atoms with van der Waals surface area (Å²) < 4.78 is 34.4. The van der Waals surface area contributed by atoms with Crippen molar-refractivity contribution in [2.24, 2.45) is 0 Å². The predicted octanol–water partition coefficient (Wildman–Crippen LogP) is 5.66. The van der Waals surface area contributed by atoms with Gasteiger partial charge in [0.05, 0.1) is 17.2 Å². The number of rotatable bonds is 14. The monoisotopic (exact) mass is 599 g/mol. The van der Waals surface area contributed by atoms with Crippen LogP contribution in [0.15, 0.2) is 83.8 Å². The fraction of sp³-hybridized carbons (Fsp3) is 0.355. The molecule has 0 aromatic heterocycles. The van der Waals surface area contributed by atoms with Gasteiger partial charge in [-0.3, -0.25) is 13.9 Å². The zero-order valence-corrected chi connectivity index (χ0v) is 25.5. The average Bonchev–Trinajstić information content (AvgIpc) is 2.97. The molecular formula is C31H38ClN3O5S. The van der Waals surface area contributed by atoms with Gasteiger partial charge in [-0.15, -0.1) is 0 Å². The molecule has 2 atom stereocenters. The fourth-order valence-corrected chi connectivity index (χ4v) is 5.82. The van der Waals surface area contributed by atoms with Crippen LogP contribution in [0.4, 0.5) is 5.69 Å². The van der Waals surface area contributed by atoms with Crippen molar-refractivity contribution < 1.29 is 22.7 Å². The molecule has 0 aliphatic carbocycles. The average molecular weight is 600 g/mol. The number of hydrogen-bond donors (Lipinski definition) is 1. The van der Waals surface area contributed by atoms with E-state index in [1.165, 1.54) is 29.2 Å². The number of benzene rings is 3. The summed E-state index contributed by atoms with van der Waals surface area (Å²) in [6.07, 6.45) is 1.09. The van der Waals surface area contributed by atoms with E-state index in [1.807, 2.05) is 58.0 Å². The third kappa shape index (κ3) is 8.47. The van der Waals surface area contributed by atoms with E-state index >= 15 is 0 Å². The Bertz CT molecular complexity index is 1380. The van der Waals surface area contributed by atoms with Gasteiger partial charge in [-0.05, 0) is 80.8 Å². The first kappa shape index (κ1) is 32.0. The number of anilines is 1. The van der Waals surface area contributed by atoms with Crippen LogP contribution >= 0.6 is 11.6 Å². The lowest BCUT2D eigenvalue weighted by Crippen LogP contribution is -2.53. The van der Waals surface area contributed by atoms with Gasteiger partial charge in [0, 0.05) is 17.6 Å². The van der Waals surface area contributed by atoms with Crippen molar-refractivity contribution in [1.29, 1.82) is 0 Å². The minimum absolute atomic E-state index is 0.0141. The standard InChI is InChI=1S/C31H38ClN3O5S/c1-5-23(4)33-31(37)29(6-2)34(21-24-11-9-8-10-12-24)30(36)22-35(26-15-17-27(18-16-26)40-7-3)41(38,39)28-19-13-25(32)14-20-28/h8-20,23,29H,5-7,21-22H2,1-4H3,(H,33,37)/t23-,29+/m0/s1. The van der Waals surface area contributed by atoms with E-state index < -0.39 is 28.5 Å². The molecule has 10 heteroatoms. The zero-order chi connectivity index (χ0) is 30.0. The number of ether oxygens (including phenoxy) is 1. The maximum Gasteiger partial charge on any atom is 0.264 e. The van der Waals surface area contributed by atoms with E-state index in [4.69, 9.17) is 16.3 Å². The van der Waals surface area contributed by atoms with Crippen LogP contribution in [0.25, 0.3) is 0 Å². The molecule has 0 unspecified atom stereocenters. The van der Waals surface area contributed by atoms with Crippen molar-refractivity contribution in [3.8, 4) is 5.75 Å². The third-order valence-corrected chi connectivity index (χ3v) is 8.74. The fourth-order valence-electron chi connectivity index (χ4n) is 4.28. The lowest BCUT2D eigenvalue weighted by Gasteiger charge is -2.33. The molecule has 0 saturated heterocycles. The maximum atomic E-state index is 14.1. The van der Waals surface area contributed by atoms with Crippen molar-refractivity contribution in [2.45, 2.75) is 64.1 Å². The van der Waals surface area contributed by atoms with Gasteiger partial charge in [-0.1, -0.05) is 55.8 Å². The topological polar surface area (TPSA) is 96.0 Å². The van der Waals surface area contributed by atoms with E-state index in [9.17, 15) is 18.0 Å². The molecule has 0 fully saturated rings. The van der Waals surface area contributed by atoms with E-state index in [1.54, 1.807) is 24.3 Å². The minimum Gasteiger partial charge on any atom is -0.494 e. The van der Waals surface area contributed by atoms with Crippen LogP contribution in [0, 0.1) is 0 Å². The molecule has 3 aromatic rings. The zero-order valence-electron chi connectivity index (χ0n) is 23.9. The molecule has 1 N–H and O–H groups in total. The van der Waals surface area contributed by atoms with Gasteiger partial charge in [-0.2, -0.15) is 0 Å². The lowest BCUT2D eigenvalue weighted by molar-refractivity contribution is -0.140. The summed E-state index contributed by atoms with van der Waals surface area (Å²) >= 11 is 6.01. The molecule has 3 aromatic carbocycles. The summed E-state index contributed by atoms with van der Waals surface area (Å²) in [4.78, 5) is 28.9. The van der Waals surface area contributed by atoms with Crippen LogP contribution in [0.1, 0.15) is 46.1 Å². The Balaban J connectivity index is 2.04. The highest BCUT2D eigenvalue weighted by Crippen LogP contribution is 2.27. The molecule has 0 spiro atoms. The van der Waals surface area contributed by atoms with Gasteiger partial charge in [0.25, 0.3) is 10.0 Å². The number of sulfonamides is 1. The number of amides is 2. The minimum atomic E-state index is -4.19.